The third-order valence-electron chi connectivity index (χ3n) is 5.28. The molecule has 2 aromatic rings. The third kappa shape index (κ3) is 3.23. The van der Waals surface area contributed by atoms with Gasteiger partial charge in [-0.1, -0.05) is 6.07 Å². The lowest BCUT2D eigenvalue weighted by Crippen LogP contribution is -2.36. The number of nitrogens with zero attached hydrogens (tertiary/aromatic N) is 3. The summed E-state index contributed by atoms with van der Waals surface area (Å²) in [5, 5.41) is 4.31. The highest BCUT2D eigenvalue weighted by Crippen LogP contribution is 2.40. The van der Waals surface area contributed by atoms with Crippen LogP contribution in [-0.4, -0.2) is 38.3 Å². The Morgan fingerprint density at radius 2 is 2.19 bits per heavy atom. The molecule has 5 nitrogen and oxygen atoms in total. The normalized spacial score (nSPS) is 25.9. The van der Waals surface area contributed by atoms with Crippen LogP contribution in [0.25, 0.3) is 0 Å². The molecule has 0 aliphatic carbocycles. The number of rotatable bonds is 5. The van der Waals surface area contributed by atoms with Crippen LogP contribution in [0.2, 0.25) is 0 Å². The maximum Gasteiger partial charge on any atom is 0.170 e. The quantitative estimate of drug-likeness (QED) is 0.817. The summed E-state index contributed by atoms with van der Waals surface area (Å²) in [6, 6.07) is 10.9. The molecule has 0 spiro atoms. The highest BCUT2D eigenvalue weighted by molar-refractivity contribution is 7.80. The highest BCUT2D eigenvalue weighted by atomic mass is 32.1. The van der Waals surface area contributed by atoms with Gasteiger partial charge in [0.05, 0.1) is 23.9 Å². The number of pyridine rings is 1. The SMILES string of the molecule is CC(C)N1C(=S)NC(c2ccccn2)C1c1cccn1CC1CCCO1. The van der Waals surface area contributed by atoms with E-state index >= 15 is 0 Å². The molecule has 3 atom stereocenters. The lowest BCUT2D eigenvalue weighted by atomic mass is 10.0. The Hall–Kier alpha value is -1.92. The second-order valence-corrected chi connectivity index (χ2v) is 7.73. The van der Waals surface area contributed by atoms with E-state index in [1.165, 1.54) is 5.69 Å². The minimum absolute atomic E-state index is 0.0456. The predicted molar refractivity (Wildman–Crippen MR) is 106 cm³/mol. The molecule has 2 saturated heterocycles. The van der Waals surface area contributed by atoms with Gasteiger partial charge >= 0.3 is 0 Å². The second-order valence-electron chi connectivity index (χ2n) is 7.35. The summed E-state index contributed by atoms with van der Waals surface area (Å²) >= 11 is 5.68. The van der Waals surface area contributed by atoms with Crippen LogP contribution in [-0.2, 0) is 11.3 Å². The molecule has 0 amide bonds. The molecule has 1 N–H and O–H groups in total. The first kappa shape index (κ1) is 17.5. The molecular formula is C20H26N4OS. The Kier molecular flexibility index (Phi) is 4.96. The van der Waals surface area contributed by atoms with Crippen LogP contribution in [0.3, 0.4) is 0 Å². The van der Waals surface area contributed by atoms with Gasteiger partial charge in [-0.25, -0.2) is 0 Å². The van der Waals surface area contributed by atoms with Crippen molar-refractivity contribution in [2.45, 2.75) is 57.5 Å². The molecule has 3 unspecified atom stereocenters. The Bertz CT molecular complexity index is 754. The molecule has 4 heterocycles. The van der Waals surface area contributed by atoms with Crippen molar-refractivity contribution in [3.63, 3.8) is 0 Å². The molecule has 2 aromatic heterocycles. The fourth-order valence-corrected chi connectivity index (χ4v) is 4.56. The molecule has 2 fully saturated rings. The summed E-state index contributed by atoms with van der Waals surface area (Å²) in [6.07, 6.45) is 6.61. The molecule has 6 heteroatoms. The van der Waals surface area contributed by atoms with Crippen LogP contribution in [0.1, 0.15) is 50.2 Å². The van der Waals surface area contributed by atoms with Gasteiger partial charge in [0.25, 0.3) is 0 Å². The summed E-state index contributed by atoms with van der Waals surface area (Å²) < 4.78 is 8.20. The van der Waals surface area contributed by atoms with E-state index in [0.29, 0.717) is 12.1 Å². The van der Waals surface area contributed by atoms with Gasteiger partial charge in [-0.05, 0) is 63.2 Å². The van der Waals surface area contributed by atoms with Crippen molar-refractivity contribution in [3.8, 4) is 0 Å². The maximum absolute atomic E-state index is 5.86. The van der Waals surface area contributed by atoms with E-state index in [-0.39, 0.29) is 12.1 Å². The minimum atomic E-state index is 0.0456. The molecule has 26 heavy (non-hydrogen) atoms. The smallest absolute Gasteiger partial charge is 0.170 e. The molecular weight excluding hydrogens is 344 g/mol. The number of nitrogens with one attached hydrogen (secondary N) is 1. The van der Waals surface area contributed by atoms with Gasteiger partial charge in [-0.2, -0.15) is 0 Å². The molecule has 2 aliphatic heterocycles. The lowest BCUT2D eigenvalue weighted by Gasteiger charge is -2.32. The van der Waals surface area contributed by atoms with E-state index in [1.54, 1.807) is 0 Å². The summed E-state index contributed by atoms with van der Waals surface area (Å²) in [6.45, 7) is 6.15. The van der Waals surface area contributed by atoms with E-state index in [2.05, 4.69) is 58.0 Å². The third-order valence-corrected chi connectivity index (χ3v) is 5.61. The van der Waals surface area contributed by atoms with E-state index in [0.717, 1.165) is 36.8 Å². The highest BCUT2D eigenvalue weighted by Gasteiger charge is 2.42. The monoisotopic (exact) mass is 370 g/mol. The predicted octanol–water partition coefficient (Wildman–Crippen LogP) is 3.44. The van der Waals surface area contributed by atoms with E-state index in [4.69, 9.17) is 17.0 Å². The molecule has 0 saturated carbocycles. The zero-order valence-corrected chi connectivity index (χ0v) is 16.2. The van der Waals surface area contributed by atoms with Gasteiger partial charge < -0.3 is 19.5 Å². The zero-order chi connectivity index (χ0) is 18.1. The molecule has 0 bridgehead atoms. The summed E-state index contributed by atoms with van der Waals surface area (Å²) in [5.41, 5.74) is 2.28. The first-order valence-corrected chi connectivity index (χ1v) is 9.82. The molecule has 138 valence electrons. The van der Waals surface area contributed by atoms with Crippen molar-refractivity contribution in [1.29, 1.82) is 0 Å². The van der Waals surface area contributed by atoms with E-state index < -0.39 is 0 Å². The van der Waals surface area contributed by atoms with Crippen LogP contribution < -0.4 is 5.32 Å². The van der Waals surface area contributed by atoms with Gasteiger partial charge in [0, 0.05) is 37.3 Å². The Morgan fingerprint density at radius 1 is 1.31 bits per heavy atom. The summed E-state index contributed by atoms with van der Waals surface area (Å²) in [7, 11) is 0. The van der Waals surface area contributed by atoms with Crippen molar-refractivity contribution in [2.24, 2.45) is 0 Å². The van der Waals surface area contributed by atoms with Crippen molar-refractivity contribution in [2.75, 3.05) is 6.61 Å². The first-order valence-electron chi connectivity index (χ1n) is 9.41. The Labute approximate surface area is 160 Å². The number of hydrogen-bond acceptors (Lipinski definition) is 3. The van der Waals surface area contributed by atoms with Gasteiger partial charge in [-0.3, -0.25) is 4.98 Å². The van der Waals surface area contributed by atoms with Gasteiger partial charge in [0.2, 0.25) is 0 Å². The molecule has 4 rings (SSSR count). The van der Waals surface area contributed by atoms with Gasteiger partial charge in [0.15, 0.2) is 5.11 Å². The Balaban J connectivity index is 1.70. The number of hydrogen-bond donors (Lipinski definition) is 1. The fourth-order valence-electron chi connectivity index (χ4n) is 4.11. The zero-order valence-electron chi connectivity index (χ0n) is 15.3. The largest absolute Gasteiger partial charge is 0.376 e. The maximum atomic E-state index is 5.86. The van der Waals surface area contributed by atoms with E-state index in [1.807, 2.05) is 18.3 Å². The molecule has 0 aromatic carbocycles. The standard InChI is InChI=1S/C20H26N4OS/c1-14(2)24-19(18(22-20(24)26)16-8-3-4-10-21-16)17-9-5-11-23(17)13-15-7-6-12-25-15/h3-5,8-11,14-15,18-19H,6-7,12-13H2,1-2H3,(H,22,26). The van der Waals surface area contributed by atoms with Crippen molar-refractivity contribution in [3.05, 3.63) is 54.1 Å². The fraction of sp³-hybridized carbons (Fsp3) is 0.500. The van der Waals surface area contributed by atoms with Crippen molar-refractivity contribution in [1.82, 2.24) is 19.8 Å². The average molecular weight is 371 g/mol. The molecule has 2 aliphatic rings. The topological polar surface area (TPSA) is 42.3 Å². The van der Waals surface area contributed by atoms with Crippen LogP contribution in [0.15, 0.2) is 42.7 Å². The molecule has 0 radical (unpaired) electrons. The number of aromatic nitrogens is 2. The summed E-state index contributed by atoms with van der Waals surface area (Å²) in [4.78, 5) is 6.90. The minimum Gasteiger partial charge on any atom is -0.376 e. The average Bonchev–Trinajstić information content (AvgIpc) is 3.36. The van der Waals surface area contributed by atoms with Crippen LogP contribution in [0, 0.1) is 0 Å². The number of thiocarbonyl (C=S) groups is 1. The lowest BCUT2D eigenvalue weighted by molar-refractivity contribution is 0.0951. The Morgan fingerprint density at radius 3 is 2.88 bits per heavy atom. The van der Waals surface area contributed by atoms with Gasteiger partial charge in [0.1, 0.15) is 0 Å². The van der Waals surface area contributed by atoms with Crippen molar-refractivity contribution < 1.29 is 4.74 Å². The van der Waals surface area contributed by atoms with Crippen LogP contribution in [0.5, 0.6) is 0 Å². The summed E-state index contributed by atoms with van der Waals surface area (Å²) in [5.74, 6) is 0. The van der Waals surface area contributed by atoms with E-state index in [9.17, 15) is 0 Å². The second kappa shape index (κ2) is 7.37. The van der Waals surface area contributed by atoms with Gasteiger partial charge in [-0.15, -0.1) is 0 Å². The van der Waals surface area contributed by atoms with Crippen LogP contribution >= 0.6 is 12.2 Å². The van der Waals surface area contributed by atoms with Crippen molar-refractivity contribution >= 4 is 17.3 Å². The first-order chi connectivity index (χ1) is 12.6. The number of ether oxygens (including phenoxy) is 1. The van der Waals surface area contributed by atoms with Crippen LogP contribution in [0.4, 0.5) is 0 Å².